The molecule has 0 bridgehead atoms. The molecule has 0 saturated carbocycles. The maximum atomic E-state index is 9.60. The first kappa shape index (κ1) is 28.1. The van der Waals surface area contributed by atoms with Crippen molar-refractivity contribution in [2.75, 3.05) is 0 Å². The summed E-state index contributed by atoms with van der Waals surface area (Å²) in [6.07, 6.45) is 1.76. The van der Waals surface area contributed by atoms with Gasteiger partial charge in [0.1, 0.15) is 6.17 Å². The molecule has 1 atom stereocenters. The first-order chi connectivity index (χ1) is 23.5. The second kappa shape index (κ2) is 10.7. The van der Waals surface area contributed by atoms with Gasteiger partial charge in [0.25, 0.3) is 0 Å². The molecule has 1 unspecified atom stereocenters. The Bertz CT molecular complexity index is 2520. The second-order valence-corrected chi connectivity index (χ2v) is 13.2. The number of hydrogen-bond donors (Lipinski definition) is 1. The molecule has 2 aliphatic rings. The second-order valence-electron chi connectivity index (χ2n) is 13.2. The number of hydrogen-bond acceptors (Lipinski definition) is 3. The van der Waals surface area contributed by atoms with E-state index in [1.165, 1.54) is 44.1 Å². The summed E-state index contributed by atoms with van der Waals surface area (Å²) in [5.74, 6) is 0. The monoisotopic (exact) mass is 616 g/mol. The normalized spacial score (nSPS) is 16.1. The number of nitrogens with one attached hydrogen (secondary N) is 1. The van der Waals surface area contributed by atoms with Crippen LogP contribution < -0.4 is 5.32 Å². The molecule has 228 valence electrons. The highest BCUT2D eigenvalue weighted by Crippen LogP contribution is 2.51. The molecular weight excluding hydrogens is 585 g/mol. The van der Waals surface area contributed by atoms with Gasteiger partial charge in [-0.2, -0.15) is 5.26 Å². The molecule has 4 heteroatoms. The standard InChI is InChI=1S/C44H32N4/c1-44(2)37-20-8-6-18-33(37)35-24-36-34-19-7-9-21-41(34)48(42(36)25-38(35)44)32-17-11-16-31(23-32)43-46-39(29-13-4-3-5-14-29)26-40(47-43)30-15-10-12-28(22-30)27-45/h3-26,43,46H,1-2H3. The summed E-state index contributed by atoms with van der Waals surface area (Å²) in [7, 11) is 0. The molecule has 1 N–H and O–H groups in total. The van der Waals surface area contributed by atoms with Crippen LogP contribution in [-0.4, -0.2) is 10.3 Å². The largest absolute Gasteiger partial charge is 0.360 e. The summed E-state index contributed by atoms with van der Waals surface area (Å²) in [4.78, 5) is 5.22. The summed E-state index contributed by atoms with van der Waals surface area (Å²) in [5, 5.41) is 15.8. The van der Waals surface area contributed by atoms with E-state index in [2.05, 4.69) is 133 Å². The van der Waals surface area contributed by atoms with Crippen molar-refractivity contribution in [2.24, 2.45) is 4.99 Å². The number of fused-ring (bicyclic) bond motifs is 6. The average Bonchev–Trinajstić information content (AvgIpc) is 3.59. The van der Waals surface area contributed by atoms with Gasteiger partial charge in [-0.1, -0.05) is 111 Å². The lowest BCUT2D eigenvalue weighted by molar-refractivity contribution is 0.661. The van der Waals surface area contributed by atoms with Crippen molar-refractivity contribution in [3.8, 4) is 22.9 Å². The molecule has 1 aromatic heterocycles. The third-order valence-corrected chi connectivity index (χ3v) is 10.0. The van der Waals surface area contributed by atoms with E-state index in [1.807, 2.05) is 42.5 Å². The molecule has 0 fully saturated rings. The zero-order chi connectivity index (χ0) is 32.4. The summed E-state index contributed by atoms with van der Waals surface area (Å²) in [6, 6.07) is 51.4. The Morgan fingerprint density at radius 3 is 2.31 bits per heavy atom. The van der Waals surface area contributed by atoms with Crippen molar-refractivity contribution < 1.29 is 0 Å². The highest BCUT2D eigenvalue weighted by molar-refractivity contribution is 6.13. The Balaban J connectivity index is 1.21. The van der Waals surface area contributed by atoms with Crippen LogP contribution in [0.3, 0.4) is 0 Å². The van der Waals surface area contributed by atoms with E-state index in [0.717, 1.165) is 33.8 Å². The van der Waals surface area contributed by atoms with Crippen molar-refractivity contribution in [2.45, 2.75) is 25.4 Å². The zero-order valence-electron chi connectivity index (χ0n) is 26.8. The number of benzene rings is 6. The third kappa shape index (κ3) is 4.32. The fourth-order valence-corrected chi connectivity index (χ4v) is 7.66. The molecule has 48 heavy (non-hydrogen) atoms. The van der Waals surface area contributed by atoms with E-state index in [-0.39, 0.29) is 11.6 Å². The minimum Gasteiger partial charge on any atom is -0.360 e. The van der Waals surface area contributed by atoms with E-state index in [0.29, 0.717) is 5.56 Å². The van der Waals surface area contributed by atoms with Gasteiger partial charge >= 0.3 is 0 Å². The summed E-state index contributed by atoms with van der Waals surface area (Å²) >= 11 is 0. The number of aromatic nitrogens is 1. The summed E-state index contributed by atoms with van der Waals surface area (Å²) < 4.78 is 2.41. The van der Waals surface area contributed by atoms with Gasteiger partial charge in [0.15, 0.2) is 0 Å². The highest BCUT2D eigenvalue weighted by Gasteiger charge is 2.36. The predicted octanol–water partition coefficient (Wildman–Crippen LogP) is 10.1. The number of aliphatic imine (C=N–C) groups is 1. The fraction of sp³-hybridized carbons (Fsp3) is 0.0909. The van der Waals surface area contributed by atoms with E-state index in [9.17, 15) is 5.26 Å². The van der Waals surface area contributed by atoms with Crippen LogP contribution in [0.15, 0.2) is 151 Å². The molecule has 1 aliphatic carbocycles. The quantitative estimate of drug-likeness (QED) is 0.214. The van der Waals surface area contributed by atoms with E-state index in [1.54, 1.807) is 0 Å². The van der Waals surface area contributed by atoms with Crippen LogP contribution in [0.5, 0.6) is 0 Å². The van der Waals surface area contributed by atoms with Gasteiger partial charge in [0.2, 0.25) is 0 Å². The number of nitrogens with zero attached hydrogens (tertiary/aromatic N) is 3. The van der Waals surface area contributed by atoms with Crippen LogP contribution >= 0.6 is 0 Å². The van der Waals surface area contributed by atoms with Crippen molar-refractivity contribution >= 4 is 33.2 Å². The topological polar surface area (TPSA) is 53.1 Å². The average molecular weight is 617 g/mol. The Labute approximate surface area is 279 Å². The molecule has 7 aromatic rings. The van der Waals surface area contributed by atoms with E-state index < -0.39 is 0 Å². The molecule has 0 saturated heterocycles. The maximum absolute atomic E-state index is 9.60. The lowest BCUT2D eigenvalue weighted by Gasteiger charge is -2.25. The SMILES string of the molecule is CC1(C)c2ccccc2-c2cc3c4ccccc4n(-c4cccc(C5N=C(c6cccc(C#N)c6)C=C(c6ccccc6)N5)c4)c3cc21. The molecule has 2 heterocycles. The van der Waals surface area contributed by atoms with Crippen molar-refractivity contribution in [1.29, 1.82) is 5.26 Å². The Morgan fingerprint density at radius 2 is 1.44 bits per heavy atom. The van der Waals surface area contributed by atoms with Crippen molar-refractivity contribution in [3.63, 3.8) is 0 Å². The van der Waals surface area contributed by atoms with Crippen LogP contribution in [0.1, 0.15) is 53.4 Å². The fourth-order valence-electron chi connectivity index (χ4n) is 7.66. The van der Waals surface area contributed by atoms with Crippen LogP contribution in [0.2, 0.25) is 0 Å². The minimum absolute atomic E-state index is 0.0938. The minimum atomic E-state index is -0.323. The first-order valence-electron chi connectivity index (χ1n) is 16.4. The highest BCUT2D eigenvalue weighted by atomic mass is 15.1. The number of nitriles is 1. The molecular formula is C44H32N4. The zero-order valence-corrected chi connectivity index (χ0v) is 26.8. The molecule has 0 amide bonds. The van der Waals surface area contributed by atoms with Gasteiger partial charge < -0.3 is 9.88 Å². The number of rotatable bonds is 4. The Hall–Kier alpha value is -6.18. The molecule has 0 spiro atoms. The molecule has 9 rings (SSSR count). The van der Waals surface area contributed by atoms with Crippen LogP contribution in [-0.2, 0) is 5.41 Å². The lowest BCUT2D eigenvalue weighted by atomic mass is 9.82. The first-order valence-corrected chi connectivity index (χ1v) is 16.4. The van der Waals surface area contributed by atoms with Crippen molar-refractivity contribution in [3.05, 3.63) is 179 Å². The Morgan fingerprint density at radius 1 is 0.667 bits per heavy atom. The smallest absolute Gasteiger partial charge is 0.145 e. The number of allylic oxidation sites excluding steroid dienone is 1. The van der Waals surface area contributed by atoms with Gasteiger partial charge in [-0.3, -0.25) is 4.99 Å². The Kier molecular flexibility index (Phi) is 6.25. The predicted molar refractivity (Wildman–Crippen MR) is 196 cm³/mol. The van der Waals surface area contributed by atoms with Gasteiger partial charge in [-0.25, -0.2) is 0 Å². The van der Waals surface area contributed by atoms with E-state index in [4.69, 9.17) is 4.99 Å². The summed E-state index contributed by atoms with van der Waals surface area (Å²) in [5.41, 5.74) is 14.3. The van der Waals surface area contributed by atoms with Crippen LogP contribution in [0.4, 0.5) is 0 Å². The third-order valence-electron chi connectivity index (χ3n) is 10.0. The van der Waals surface area contributed by atoms with Gasteiger partial charge in [0.05, 0.1) is 28.4 Å². The van der Waals surface area contributed by atoms with Gasteiger partial charge in [-0.05, 0) is 81.9 Å². The molecule has 0 radical (unpaired) electrons. The number of para-hydroxylation sites is 1. The van der Waals surface area contributed by atoms with E-state index >= 15 is 0 Å². The van der Waals surface area contributed by atoms with Gasteiger partial charge in [0, 0.05) is 33.1 Å². The molecule has 6 aromatic carbocycles. The van der Waals surface area contributed by atoms with Crippen LogP contribution in [0.25, 0.3) is 44.3 Å². The maximum Gasteiger partial charge on any atom is 0.145 e. The molecule has 1 aliphatic heterocycles. The van der Waals surface area contributed by atoms with Gasteiger partial charge in [-0.15, -0.1) is 0 Å². The summed E-state index contributed by atoms with van der Waals surface area (Å²) in [6.45, 7) is 4.68. The van der Waals surface area contributed by atoms with Crippen molar-refractivity contribution in [1.82, 2.24) is 9.88 Å². The lowest BCUT2D eigenvalue weighted by Crippen LogP contribution is -2.25. The van der Waals surface area contributed by atoms with Crippen LogP contribution in [0, 0.1) is 11.3 Å². The molecule has 4 nitrogen and oxygen atoms in total.